The minimum Gasteiger partial charge on any atom is -0.325 e. The highest BCUT2D eigenvalue weighted by molar-refractivity contribution is 6.31. The van der Waals surface area contributed by atoms with Gasteiger partial charge in [0.15, 0.2) is 6.04 Å². The average molecular weight is 268 g/mol. The topological polar surface area (TPSA) is 33.5 Å². The number of hydrogen-bond acceptors (Lipinski definition) is 1. The number of likely N-dealkylation sites (tertiary alicyclic amines) is 1. The van der Waals surface area contributed by atoms with Crippen LogP contribution in [0.25, 0.3) is 0 Å². The Labute approximate surface area is 113 Å². The molecule has 0 spiro atoms. The van der Waals surface area contributed by atoms with Gasteiger partial charge < -0.3 is 10.2 Å². The van der Waals surface area contributed by atoms with E-state index in [1.54, 1.807) is 6.07 Å². The first-order valence-corrected chi connectivity index (χ1v) is 6.87. The minimum absolute atomic E-state index is 0.00702. The van der Waals surface area contributed by atoms with Gasteiger partial charge in [0.25, 0.3) is 5.91 Å². The Hall–Kier alpha value is -1.06. The monoisotopic (exact) mass is 267 g/mol. The van der Waals surface area contributed by atoms with Crippen LogP contribution < -0.4 is 10.2 Å². The second-order valence-electron chi connectivity index (χ2n) is 5.04. The number of anilines is 1. The predicted octanol–water partition coefficient (Wildman–Crippen LogP) is 1.65. The van der Waals surface area contributed by atoms with E-state index < -0.39 is 0 Å². The third kappa shape index (κ3) is 3.03. The molecule has 1 amide bonds. The standard InChI is InChI=1S/C14H19ClN2O/c1-10-5-6-12(9-13(10)15)16-14(18)11(2)17-7-3-4-8-17/h5-6,9,11H,3-4,7-8H2,1-2H3,(H,16,18)/p+1/t11-/m1/s1. The maximum atomic E-state index is 12.1. The molecule has 0 aliphatic carbocycles. The fourth-order valence-corrected chi connectivity index (χ4v) is 2.55. The van der Waals surface area contributed by atoms with Crippen LogP contribution in [0.5, 0.6) is 0 Å². The lowest BCUT2D eigenvalue weighted by atomic mass is 10.2. The molecule has 1 atom stereocenters. The van der Waals surface area contributed by atoms with Crippen molar-refractivity contribution in [2.24, 2.45) is 0 Å². The molecule has 0 unspecified atom stereocenters. The molecule has 1 aliphatic rings. The van der Waals surface area contributed by atoms with Crippen molar-refractivity contribution in [2.75, 3.05) is 18.4 Å². The molecule has 1 aromatic rings. The molecule has 0 radical (unpaired) electrons. The first-order chi connectivity index (χ1) is 8.58. The van der Waals surface area contributed by atoms with Crippen molar-refractivity contribution in [3.05, 3.63) is 28.8 Å². The minimum atomic E-state index is 0.00702. The van der Waals surface area contributed by atoms with E-state index in [1.807, 2.05) is 26.0 Å². The highest BCUT2D eigenvalue weighted by Gasteiger charge is 2.27. The Kier molecular flexibility index (Phi) is 4.25. The van der Waals surface area contributed by atoms with Gasteiger partial charge in [0.05, 0.1) is 13.1 Å². The average Bonchev–Trinajstić information content (AvgIpc) is 2.86. The third-order valence-corrected chi connectivity index (χ3v) is 4.10. The van der Waals surface area contributed by atoms with Crippen molar-refractivity contribution in [1.29, 1.82) is 0 Å². The van der Waals surface area contributed by atoms with Crippen LogP contribution in [0.1, 0.15) is 25.3 Å². The quantitative estimate of drug-likeness (QED) is 0.858. The normalized spacial score (nSPS) is 17.7. The number of amides is 1. The summed E-state index contributed by atoms with van der Waals surface area (Å²) in [4.78, 5) is 13.5. The van der Waals surface area contributed by atoms with Gasteiger partial charge in [-0.3, -0.25) is 4.79 Å². The SMILES string of the molecule is Cc1ccc(NC(=O)[C@@H](C)[NH+]2CCCC2)cc1Cl. The Balaban J connectivity index is 1.99. The van der Waals surface area contributed by atoms with E-state index in [1.165, 1.54) is 17.7 Å². The Bertz CT molecular complexity index is 441. The molecule has 0 aromatic heterocycles. The second-order valence-corrected chi connectivity index (χ2v) is 5.45. The number of nitrogens with one attached hydrogen (secondary N) is 2. The van der Waals surface area contributed by atoms with Gasteiger partial charge in [-0.15, -0.1) is 0 Å². The lowest BCUT2D eigenvalue weighted by Gasteiger charge is -2.20. The van der Waals surface area contributed by atoms with Crippen LogP contribution in [-0.4, -0.2) is 25.0 Å². The van der Waals surface area contributed by atoms with Gasteiger partial charge in [0.1, 0.15) is 0 Å². The molecular weight excluding hydrogens is 248 g/mol. The van der Waals surface area contributed by atoms with E-state index in [4.69, 9.17) is 11.6 Å². The smallest absolute Gasteiger partial charge is 0.282 e. The second kappa shape index (κ2) is 5.72. The molecule has 98 valence electrons. The molecule has 18 heavy (non-hydrogen) atoms. The van der Waals surface area contributed by atoms with Gasteiger partial charge in [-0.05, 0) is 31.5 Å². The summed E-state index contributed by atoms with van der Waals surface area (Å²) < 4.78 is 0. The van der Waals surface area contributed by atoms with E-state index >= 15 is 0 Å². The number of carbonyl (C=O) groups excluding carboxylic acids is 1. The zero-order valence-corrected chi connectivity index (χ0v) is 11.7. The zero-order chi connectivity index (χ0) is 13.1. The maximum absolute atomic E-state index is 12.1. The number of quaternary nitrogens is 1. The Morgan fingerprint density at radius 3 is 2.67 bits per heavy atom. The molecule has 3 nitrogen and oxygen atoms in total. The number of carbonyl (C=O) groups is 1. The van der Waals surface area contributed by atoms with Crippen LogP contribution in [0.3, 0.4) is 0 Å². The van der Waals surface area contributed by atoms with E-state index in [-0.39, 0.29) is 11.9 Å². The molecule has 2 rings (SSSR count). The van der Waals surface area contributed by atoms with Crippen LogP contribution >= 0.6 is 11.6 Å². The Morgan fingerprint density at radius 1 is 1.39 bits per heavy atom. The summed E-state index contributed by atoms with van der Waals surface area (Å²) in [5.74, 6) is 0.0758. The first-order valence-electron chi connectivity index (χ1n) is 6.49. The van der Waals surface area contributed by atoms with E-state index in [2.05, 4.69) is 5.32 Å². The van der Waals surface area contributed by atoms with Gasteiger partial charge in [-0.2, -0.15) is 0 Å². The number of aryl methyl sites for hydroxylation is 1. The van der Waals surface area contributed by atoms with Crippen LogP contribution in [0.4, 0.5) is 5.69 Å². The van der Waals surface area contributed by atoms with Gasteiger partial charge in [0.2, 0.25) is 0 Å². The molecule has 1 aliphatic heterocycles. The summed E-state index contributed by atoms with van der Waals surface area (Å²) in [5.41, 5.74) is 1.80. The van der Waals surface area contributed by atoms with Crippen molar-refractivity contribution in [2.45, 2.75) is 32.7 Å². The van der Waals surface area contributed by atoms with Crippen LogP contribution in [0.15, 0.2) is 18.2 Å². The molecule has 1 fully saturated rings. The maximum Gasteiger partial charge on any atom is 0.282 e. The summed E-state index contributed by atoms with van der Waals surface area (Å²) in [7, 11) is 0. The lowest BCUT2D eigenvalue weighted by molar-refractivity contribution is -0.901. The highest BCUT2D eigenvalue weighted by atomic mass is 35.5. The highest BCUT2D eigenvalue weighted by Crippen LogP contribution is 2.19. The van der Waals surface area contributed by atoms with E-state index in [9.17, 15) is 4.79 Å². The number of rotatable bonds is 3. The molecule has 2 N–H and O–H groups in total. The third-order valence-electron chi connectivity index (χ3n) is 3.69. The van der Waals surface area contributed by atoms with Crippen molar-refractivity contribution in [3.63, 3.8) is 0 Å². The number of benzene rings is 1. The van der Waals surface area contributed by atoms with E-state index in [0.717, 1.165) is 24.3 Å². The van der Waals surface area contributed by atoms with Gasteiger partial charge in [-0.1, -0.05) is 17.7 Å². The van der Waals surface area contributed by atoms with Gasteiger partial charge in [0, 0.05) is 23.6 Å². The number of halogens is 1. The van der Waals surface area contributed by atoms with Crippen molar-refractivity contribution >= 4 is 23.2 Å². The summed E-state index contributed by atoms with van der Waals surface area (Å²) in [6.45, 7) is 6.14. The van der Waals surface area contributed by atoms with Gasteiger partial charge in [-0.25, -0.2) is 0 Å². The zero-order valence-electron chi connectivity index (χ0n) is 10.9. The van der Waals surface area contributed by atoms with Crippen LogP contribution in [0.2, 0.25) is 5.02 Å². The fraction of sp³-hybridized carbons (Fsp3) is 0.500. The lowest BCUT2D eigenvalue weighted by Crippen LogP contribution is -3.14. The molecule has 4 heteroatoms. The summed E-state index contributed by atoms with van der Waals surface area (Å²) in [5, 5.41) is 3.63. The van der Waals surface area contributed by atoms with Crippen molar-refractivity contribution in [1.82, 2.24) is 0 Å². The molecule has 1 saturated heterocycles. The summed E-state index contributed by atoms with van der Waals surface area (Å²) in [6.07, 6.45) is 2.45. The largest absolute Gasteiger partial charge is 0.325 e. The molecule has 0 bridgehead atoms. The molecule has 1 aromatic carbocycles. The summed E-state index contributed by atoms with van der Waals surface area (Å²) >= 11 is 6.05. The first kappa shape index (κ1) is 13.4. The van der Waals surface area contributed by atoms with Crippen molar-refractivity contribution < 1.29 is 9.69 Å². The molecular formula is C14H20ClN2O+. The summed E-state index contributed by atoms with van der Waals surface area (Å²) in [6, 6.07) is 5.63. The van der Waals surface area contributed by atoms with Crippen LogP contribution in [-0.2, 0) is 4.79 Å². The van der Waals surface area contributed by atoms with Crippen LogP contribution in [0, 0.1) is 6.92 Å². The van der Waals surface area contributed by atoms with Gasteiger partial charge >= 0.3 is 0 Å². The Morgan fingerprint density at radius 2 is 2.06 bits per heavy atom. The van der Waals surface area contributed by atoms with E-state index in [0.29, 0.717) is 5.02 Å². The number of hydrogen-bond donors (Lipinski definition) is 2. The molecule has 0 saturated carbocycles. The van der Waals surface area contributed by atoms with Crippen molar-refractivity contribution in [3.8, 4) is 0 Å². The molecule has 1 heterocycles. The fourth-order valence-electron chi connectivity index (χ4n) is 2.37. The predicted molar refractivity (Wildman–Crippen MR) is 74.2 cm³/mol.